The van der Waals surface area contributed by atoms with Crippen molar-refractivity contribution in [2.45, 2.75) is 38.5 Å². The van der Waals surface area contributed by atoms with Crippen LogP contribution in [-0.2, 0) is 10.8 Å². The fraction of sp³-hybridized carbons (Fsp3) is 0.211. The van der Waals surface area contributed by atoms with Crippen molar-refractivity contribution in [2.75, 3.05) is 23.9 Å². The number of anilines is 2. The SMILES string of the molecule is CN1/C(=C\C=C2\C(=C(C#N)C#N)/C(=C/C=C3/N(C)c4ccccc4C3(C)C)c3ccccc32)C(C)(C)c2ccccc21. The van der Waals surface area contributed by atoms with E-state index in [9.17, 15) is 10.5 Å². The lowest BCUT2D eigenvalue weighted by Crippen LogP contribution is -2.22. The van der Waals surface area contributed by atoms with Crippen molar-refractivity contribution >= 4 is 22.5 Å². The average Bonchev–Trinajstić information content (AvgIpc) is 3.48. The molecule has 0 saturated heterocycles. The van der Waals surface area contributed by atoms with Gasteiger partial charge in [-0.3, -0.25) is 0 Å². The first-order valence-electron chi connectivity index (χ1n) is 14.3. The summed E-state index contributed by atoms with van der Waals surface area (Å²) in [4.78, 5) is 4.48. The Morgan fingerprint density at radius 2 is 0.976 bits per heavy atom. The van der Waals surface area contributed by atoms with Crippen LogP contribution in [0.1, 0.15) is 49.9 Å². The molecule has 0 radical (unpaired) electrons. The van der Waals surface area contributed by atoms with E-state index in [1.807, 2.05) is 12.1 Å². The van der Waals surface area contributed by atoms with E-state index in [0.717, 1.165) is 33.7 Å². The predicted molar refractivity (Wildman–Crippen MR) is 173 cm³/mol. The van der Waals surface area contributed by atoms with Gasteiger partial charge in [0.1, 0.15) is 17.7 Å². The Balaban J connectivity index is 1.53. The van der Waals surface area contributed by atoms with Gasteiger partial charge in [-0.25, -0.2) is 0 Å². The fourth-order valence-corrected chi connectivity index (χ4v) is 7.05. The second kappa shape index (κ2) is 9.79. The zero-order valence-corrected chi connectivity index (χ0v) is 25.0. The zero-order valence-electron chi connectivity index (χ0n) is 25.0. The molecular formula is C38H34N4. The van der Waals surface area contributed by atoms with E-state index in [0.29, 0.717) is 5.57 Å². The zero-order chi connectivity index (χ0) is 29.8. The Morgan fingerprint density at radius 3 is 1.36 bits per heavy atom. The van der Waals surface area contributed by atoms with Crippen LogP contribution in [0.5, 0.6) is 0 Å². The largest absolute Gasteiger partial charge is 0.347 e. The summed E-state index contributed by atoms with van der Waals surface area (Å²) in [7, 11) is 4.20. The summed E-state index contributed by atoms with van der Waals surface area (Å²) in [5.41, 5.74) is 11.5. The Kier molecular flexibility index (Phi) is 6.32. The summed E-state index contributed by atoms with van der Waals surface area (Å²) in [6, 6.07) is 29.6. The van der Waals surface area contributed by atoms with Crippen molar-refractivity contribution in [1.29, 1.82) is 10.5 Å². The fourth-order valence-electron chi connectivity index (χ4n) is 7.05. The molecule has 0 atom stereocenters. The Bertz CT molecular complexity index is 1740. The summed E-state index contributed by atoms with van der Waals surface area (Å²) in [5.74, 6) is 0. The molecule has 3 aromatic rings. The molecular weight excluding hydrogens is 512 g/mol. The highest BCUT2D eigenvalue weighted by Gasteiger charge is 2.39. The highest BCUT2D eigenvalue weighted by atomic mass is 15.2. The highest BCUT2D eigenvalue weighted by molar-refractivity contribution is 6.10. The van der Waals surface area contributed by atoms with Gasteiger partial charge in [-0.2, -0.15) is 10.5 Å². The number of nitriles is 2. The number of rotatable bonds is 2. The molecule has 0 aromatic heterocycles. The summed E-state index contributed by atoms with van der Waals surface area (Å²) < 4.78 is 0. The van der Waals surface area contributed by atoms with Crippen molar-refractivity contribution < 1.29 is 0 Å². The minimum absolute atomic E-state index is 0.116. The lowest BCUT2D eigenvalue weighted by atomic mass is 9.83. The lowest BCUT2D eigenvalue weighted by molar-refractivity contribution is 0.640. The Hall–Kier alpha value is -5.06. The number of hydrogen-bond acceptors (Lipinski definition) is 4. The lowest BCUT2D eigenvalue weighted by Gasteiger charge is -2.24. The summed E-state index contributed by atoms with van der Waals surface area (Å²) in [6.07, 6.45) is 8.50. The van der Waals surface area contributed by atoms with Crippen LogP contribution in [-0.4, -0.2) is 14.1 Å². The quantitative estimate of drug-likeness (QED) is 0.303. The third kappa shape index (κ3) is 3.87. The van der Waals surface area contributed by atoms with E-state index < -0.39 is 0 Å². The summed E-state index contributed by atoms with van der Waals surface area (Å²) in [6.45, 7) is 8.96. The van der Waals surface area contributed by atoms with Crippen molar-refractivity contribution in [3.05, 3.63) is 142 Å². The van der Waals surface area contributed by atoms with Gasteiger partial charge in [0.05, 0.1) is 0 Å². The molecule has 0 unspecified atom stereocenters. The third-order valence-corrected chi connectivity index (χ3v) is 9.22. The molecule has 3 aliphatic rings. The van der Waals surface area contributed by atoms with E-state index in [2.05, 4.69) is 149 Å². The molecule has 0 N–H and O–H groups in total. The van der Waals surface area contributed by atoms with Crippen LogP contribution in [0.15, 0.2) is 120 Å². The topological polar surface area (TPSA) is 54.1 Å². The first-order chi connectivity index (χ1) is 20.1. The number of hydrogen-bond donors (Lipinski definition) is 0. The molecule has 0 bridgehead atoms. The molecule has 0 saturated carbocycles. The molecule has 2 heterocycles. The van der Waals surface area contributed by atoms with Gasteiger partial charge in [-0.15, -0.1) is 0 Å². The molecule has 3 aromatic carbocycles. The van der Waals surface area contributed by atoms with Crippen LogP contribution >= 0.6 is 0 Å². The molecule has 0 fully saturated rings. The van der Waals surface area contributed by atoms with Crippen LogP contribution in [0.25, 0.3) is 11.1 Å². The van der Waals surface area contributed by atoms with E-state index in [-0.39, 0.29) is 16.4 Å². The van der Waals surface area contributed by atoms with E-state index >= 15 is 0 Å². The number of nitrogens with zero attached hydrogens (tertiary/aromatic N) is 4. The van der Waals surface area contributed by atoms with Crippen LogP contribution in [0, 0.1) is 22.7 Å². The standard InChI is InChI=1S/C38H34N4/c1-37(2)30-15-9-11-17-32(30)41(5)34(37)21-19-28-26-13-7-8-14-27(26)29(36(28)25(23-39)24-40)20-22-35-38(3,4)31-16-10-12-18-33(31)42(35)6/h7-22H,1-6H3/b28-19+,29-20+,34-21-,35-22+. The minimum Gasteiger partial charge on any atom is -0.347 e. The normalized spacial score (nSPS) is 21.5. The van der Waals surface area contributed by atoms with Gasteiger partial charge in [0.2, 0.25) is 0 Å². The molecule has 4 nitrogen and oxygen atoms in total. The number of benzene rings is 3. The van der Waals surface area contributed by atoms with Gasteiger partial charge in [-0.05, 0) is 57.7 Å². The second-order valence-corrected chi connectivity index (χ2v) is 12.2. The first kappa shape index (κ1) is 27.1. The molecule has 1 aliphatic carbocycles. The maximum atomic E-state index is 10.1. The number of likely N-dealkylation sites (N-methyl/N-ethyl adjacent to an activating group) is 2. The van der Waals surface area contributed by atoms with Crippen LogP contribution in [0.4, 0.5) is 11.4 Å². The van der Waals surface area contributed by atoms with E-state index in [1.165, 1.54) is 22.5 Å². The monoisotopic (exact) mass is 546 g/mol. The van der Waals surface area contributed by atoms with Gasteiger partial charge in [0.25, 0.3) is 0 Å². The Labute approximate surface area is 249 Å². The van der Waals surface area contributed by atoms with E-state index in [1.54, 1.807) is 0 Å². The average molecular weight is 547 g/mol. The number of fused-ring (bicyclic) bond motifs is 3. The van der Waals surface area contributed by atoms with Crippen molar-refractivity contribution in [2.24, 2.45) is 0 Å². The molecule has 2 aliphatic heterocycles. The molecule has 4 heteroatoms. The third-order valence-electron chi connectivity index (χ3n) is 9.22. The maximum Gasteiger partial charge on any atom is 0.138 e. The maximum absolute atomic E-state index is 10.1. The molecule has 42 heavy (non-hydrogen) atoms. The van der Waals surface area contributed by atoms with Crippen molar-refractivity contribution in [3.63, 3.8) is 0 Å². The number of allylic oxidation sites excluding steroid dienone is 10. The van der Waals surface area contributed by atoms with Gasteiger partial charge in [-0.1, -0.05) is 101 Å². The number of para-hydroxylation sites is 2. The molecule has 0 amide bonds. The van der Waals surface area contributed by atoms with Crippen molar-refractivity contribution in [1.82, 2.24) is 0 Å². The predicted octanol–water partition coefficient (Wildman–Crippen LogP) is 8.43. The van der Waals surface area contributed by atoms with Crippen LogP contribution in [0.2, 0.25) is 0 Å². The van der Waals surface area contributed by atoms with Crippen LogP contribution < -0.4 is 9.80 Å². The van der Waals surface area contributed by atoms with E-state index in [4.69, 9.17) is 0 Å². The molecule has 0 spiro atoms. The Morgan fingerprint density at radius 1 is 0.595 bits per heavy atom. The second-order valence-electron chi connectivity index (χ2n) is 12.2. The van der Waals surface area contributed by atoms with Crippen LogP contribution in [0.3, 0.4) is 0 Å². The molecule has 206 valence electrons. The summed E-state index contributed by atoms with van der Waals surface area (Å²) >= 11 is 0. The summed E-state index contributed by atoms with van der Waals surface area (Å²) in [5, 5.41) is 20.2. The van der Waals surface area contributed by atoms with Gasteiger partial charge in [0.15, 0.2) is 0 Å². The minimum atomic E-state index is -0.186. The first-order valence-corrected chi connectivity index (χ1v) is 14.3. The molecule has 6 rings (SSSR count). The van der Waals surface area contributed by atoms with Gasteiger partial charge in [0, 0.05) is 53.3 Å². The van der Waals surface area contributed by atoms with Gasteiger partial charge < -0.3 is 9.80 Å². The van der Waals surface area contributed by atoms with Crippen molar-refractivity contribution in [3.8, 4) is 12.1 Å². The highest BCUT2D eigenvalue weighted by Crippen LogP contribution is 2.50. The smallest absolute Gasteiger partial charge is 0.138 e. The van der Waals surface area contributed by atoms with Gasteiger partial charge >= 0.3 is 0 Å².